The number of benzene rings is 1. The third-order valence-corrected chi connectivity index (χ3v) is 2.69. The lowest BCUT2D eigenvalue weighted by Gasteiger charge is -2.06. The van der Waals surface area contributed by atoms with Crippen molar-refractivity contribution in [2.24, 2.45) is 0 Å². The molecule has 2 rings (SSSR count). The molecular formula is C10H9Cl2N3. The van der Waals surface area contributed by atoms with Crippen molar-refractivity contribution in [3.05, 3.63) is 46.2 Å². The van der Waals surface area contributed by atoms with Crippen LogP contribution in [0.4, 0.5) is 5.95 Å². The highest BCUT2D eigenvalue weighted by Gasteiger charge is 2.04. The molecule has 2 aromatic rings. The fraction of sp³-hybridized carbons (Fsp3) is 0.100. The van der Waals surface area contributed by atoms with E-state index in [0.717, 1.165) is 5.56 Å². The molecule has 0 unspecified atom stereocenters. The molecule has 0 saturated heterocycles. The number of hydrogen-bond donors (Lipinski definition) is 1. The molecule has 3 nitrogen and oxygen atoms in total. The van der Waals surface area contributed by atoms with E-state index in [9.17, 15) is 0 Å². The first-order valence-electron chi connectivity index (χ1n) is 4.37. The van der Waals surface area contributed by atoms with Gasteiger partial charge in [0.2, 0.25) is 0 Å². The largest absolute Gasteiger partial charge is 0.369 e. The van der Waals surface area contributed by atoms with Crippen molar-refractivity contribution < 1.29 is 0 Å². The molecule has 78 valence electrons. The van der Waals surface area contributed by atoms with Gasteiger partial charge in [0.15, 0.2) is 5.95 Å². The van der Waals surface area contributed by atoms with Gasteiger partial charge in [-0.05, 0) is 17.7 Å². The van der Waals surface area contributed by atoms with Crippen molar-refractivity contribution >= 4 is 29.2 Å². The minimum Gasteiger partial charge on any atom is -0.369 e. The lowest BCUT2D eigenvalue weighted by molar-refractivity contribution is 0.811. The summed E-state index contributed by atoms with van der Waals surface area (Å²) >= 11 is 11.8. The summed E-state index contributed by atoms with van der Waals surface area (Å²) in [6, 6.07) is 5.39. The van der Waals surface area contributed by atoms with Crippen LogP contribution in [0, 0.1) is 0 Å². The molecule has 5 heteroatoms. The molecular weight excluding hydrogens is 233 g/mol. The molecule has 0 radical (unpaired) electrons. The summed E-state index contributed by atoms with van der Waals surface area (Å²) in [5.41, 5.74) is 6.61. The zero-order chi connectivity index (χ0) is 10.8. The van der Waals surface area contributed by atoms with Crippen molar-refractivity contribution in [1.82, 2.24) is 9.55 Å². The van der Waals surface area contributed by atoms with E-state index in [0.29, 0.717) is 22.5 Å². The predicted molar refractivity (Wildman–Crippen MR) is 62.2 cm³/mol. The number of rotatable bonds is 2. The topological polar surface area (TPSA) is 43.8 Å². The predicted octanol–water partition coefficient (Wildman–Crippen LogP) is 2.82. The summed E-state index contributed by atoms with van der Waals surface area (Å²) in [5.74, 6) is 0.473. The molecule has 2 N–H and O–H groups in total. The van der Waals surface area contributed by atoms with E-state index >= 15 is 0 Å². The van der Waals surface area contributed by atoms with Crippen molar-refractivity contribution in [2.45, 2.75) is 6.54 Å². The van der Waals surface area contributed by atoms with E-state index < -0.39 is 0 Å². The molecule has 0 aliphatic rings. The van der Waals surface area contributed by atoms with Gasteiger partial charge in [-0.2, -0.15) is 0 Å². The first-order chi connectivity index (χ1) is 7.16. The number of anilines is 1. The van der Waals surface area contributed by atoms with Crippen molar-refractivity contribution in [1.29, 1.82) is 0 Å². The smallest absolute Gasteiger partial charge is 0.200 e. The van der Waals surface area contributed by atoms with E-state index in [1.807, 2.05) is 10.6 Å². The highest BCUT2D eigenvalue weighted by molar-refractivity contribution is 6.35. The van der Waals surface area contributed by atoms with Crippen LogP contribution in [0.25, 0.3) is 0 Å². The summed E-state index contributed by atoms with van der Waals surface area (Å²) in [5, 5.41) is 1.26. The quantitative estimate of drug-likeness (QED) is 0.879. The SMILES string of the molecule is Nc1nccn1Cc1ccc(Cl)cc1Cl. The maximum atomic E-state index is 6.04. The molecule has 0 amide bonds. The van der Waals surface area contributed by atoms with Crippen molar-refractivity contribution in [3.63, 3.8) is 0 Å². The molecule has 1 aromatic carbocycles. The molecule has 1 aromatic heterocycles. The van der Waals surface area contributed by atoms with Crippen molar-refractivity contribution in [2.75, 3.05) is 5.73 Å². The Bertz CT molecular complexity index is 479. The standard InChI is InChI=1S/C10H9Cl2N3/c11-8-2-1-7(9(12)5-8)6-15-4-3-14-10(15)13/h1-5H,6H2,(H2,13,14). The van der Waals surface area contributed by atoms with Gasteiger partial charge in [-0.1, -0.05) is 29.3 Å². The van der Waals surface area contributed by atoms with Crippen LogP contribution in [0.5, 0.6) is 0 Å². The number of aromatic nitrogens is 2. The Labute approximate surface area is 97.4 Å². The second kappa shape index (κ2) is 4.13. The van der Waals surface area contributed by atoms with Crippen LogP contribution in [0.3, 0.4) is 0 Å². The fourth-order valence-corrected chi connectivity index (χ4v) is 1.78. The normalized spacial score (nSPS) is 10.5. The third kappa shape index (κ3) is 2.25. The molecule has 0 aliphatic carbocycles. The highest BCUT2D eigenvalue weighted by atomic mass is 35.5. The first-order valence-corrected chi connectivity index (χ1v) is 5.13. The first kappa shape index (κ1) is 10.3. The zero-order valence-electron chi connectivity index (χ0n) is 7.82. The summed E-state index contributed by atoms with van der Waals surface area (Å²) in [7, 11) is 0. The molecule has 0 saturated carbocycles. The Morgan fingerprint density at radius 1 is 1.33 bits per heavy atom. The Hall–Kier alpha value is -1.19. The number of nitrogens with zero attached hydrogens (tertiary/aromatic N) is 2. The lowest BCUT2D eigenvalue weighted by Crippen LogP contribution is -2.03. The minimum absolute atomic E-state index is 0.473. The van der Waals surface area contributed by atoms with Crippen molar-refractivity contribution in [3.8, 4) is 0 Å². The fourth-order valence-electron chi connectivity index (χ4n) is 1.31. The van der Waals surface area contributed by atoms with Gasteiger partial charge in [0.05, 0.1) is 6.54 Å². The molecule has 15 heavy (non-hydrogen) atoms. The minimum atomic E-state index is 0.473. The van der Waals surface area contributed by atoms with Crippen LogP contribution < -0.4 is 5.73 Å². The Morgan fingerprint density at radius 3 is 2.73 bits per heavy atom. The van der Waals surface area contributed by atoms with Crippen LogP contribution in [0.15, 0.2) is 30.6 Å². The number of imidazole rings is 1. The molecule has 0 fully saturated rings. The summed E-state index contributed by atoms with van der Waals surface area (Å²) in [6.07, 6.45) is 3.46. The zero-order valence-corrected chi connectivity index (χ0v) is 9.33. The van der Waals surface area contributed by atoms with E-state index in [4.69, 9.17) is 28.9 Å². The van der Waals surface area contributed by atoms with Gasteiger partial charge < -0.3 is 10.3 Å². The second-order valence-electron chi connectivity index (χ2n) is 3.15. The third-order valence-electron chi connectivity index (χ3n) is 2.10. The maximum Gasteiger partial charge on any atom is 0.200 e. The van der Waals surface area contributed by atoms with Gasteiger partial charge in [-0.15, -0.1) is 0 Å². The van der Waals surface area contributed by atoms with Crippen LogP contribution >= 0.6 is 23.2 Å². The molecule has 1 heterocycles. The molecule has 0 spiro atoms. The van der Waals surface area contributed by atoms with Gasteiger partial charge in [0, 0.05) is 22.4 Å². The maximum absolute atomic E-state index is 6.04. The Morgan fingerprint density at radius 2 is 2.13 bits per heavy atom. The molecule has 0 atom stereocenters. The number of nitrogens with two attached hydrogens (primary N) is 1. The van der Waals surface area contributed by atoms with Crippen LogP contribution in [-0.2, 0) is 6.54 Å². The Balaban J connectivity index is 2.29. The summed E-state index contributed by atoms with van der Waals surface area (Å²) in [6.45, 7) is 0.599. The number of nitrogen functional groups attached to an aromatic ring is 1. The van der Waals surface area contributed by atoms with Crippen LogP contribution in [-0.4, -0.2) is 9.55 Å². The lowest BCUT2D eigenvalue weighted by atomic mass is 10.2. The number of hydrogen-bond acceptors (Lipinski definition) is 2. The van der Waals surface area contributed by atoms with Gasteiger partial charge in [-0.25, -0.2) is 4.98 Å². The highest BCUT2D eigenvalue weighted by Crippen LogP contribution is 2.22. The van der Waals surface area contributed by atoms with E-state index in [-0.39, 0.29) is 0 Å². The second-order valence-corrected chi connectivity index (χ2v) is 3.99. The van der Waals surface area contributed by atoms with Crippen LogP contribution in [0.1, 0.15) is 5.56 Å². The van der Waals surface area contributed by atoms with Gasteiger partial charge in [0.1, 0.15) is 0 Å². The van der Waals surface area contributed by atoms with Gasteiger partial charge in [0.25, 0.3) is 0 Å². The Kier molecular flexibility index (Phi) is 2.84. The average molecular weight is 242 g/mol. The summed E-state index contributed by atoms with van der Waals surface area (Å²) < 4.78 is 1.81. The average Bonchev–Trinajstić information content (AvgIpc) is 2.57. The van der Waals surface area contributed by atoms with Gasteiger partial charge >= 0.3 is 0 Å². The summed E-state index contributed by atoms with van der Waals surface area (Å²) in [4.78, 5) is 3.93. The van der Waals surface area contributed by atoms with E-state index in [1.165, 1.54) is 0 Å². The van der Waals surface area contributed by atoms with Gasteiger partial charge in [-0.3, -0.25) is 0 Å². The van der Waals surface area contributed by atoms with E-state index in [1.54, 1.807) is 24.5 Å². The molecule has 0 bridgehead atoms. The van der Waals surface area contributed by atoms with E-state index in [2.05, 4.69) is 4.98 Å². The van der Waals surface area contributed by atoms with Crippen LogP contribution in [0.2, 0.25) is 10.0 Å². The molecule has 0 aliphatic heterocycles. The monoisotopic (exact) mass is 241 g/mol. The number of halogens is 2.